The van der Waals surface area contributed by atoms with Crippen LogP contribution >= 0.6 is 0 Å². The number of hydrogen-bond acceptors (Lipinski definition) is 3. The number of rotatable bonds is 4. The van der Waals surface area contributed by atoms with Gasteiger partial charge in [-0.3, -0.25) is 5.43 Å². The molecule has 4 aliphatic rings. The van der Waals surface area contributed by atoms with E-state index in [1.165, 1.54) is 38.5 Å². The molecule has 1 aromatic rings. The Balaban J connectivity index is 1.50. The zero-order valence-corrected chi connectivity index (χ0v) is 14.1. The number of hydrazone groups is 1. The number of pyridine rings is 1. The number of aromatic nitrogens is 1. The quantitative estimate of drug-likeness (QED) is 0.356. The number of nitrogens with zero attached hydrogens (tertiary/aromatic N) is 2. The van der Waals surface area contributed by atoms with Crippen molar-refractivity contribution in [2.45, 2.75) is 51.9 Å². The minimum absolute atomic E-state index is 0.232. The standard InChI is InChI=1S/C18H21F4N3/c1-9(24-25-15-13(19)16(21)23-17(22)14(15)20)5-18-6-10-2-11(7-18)4-12(3-10)8-18/h10-12H,2-8H2,1H3,(H,23,25). The Labute approximate surface area is 143 Å². The fourth-order valence-electron chi connectivity index (χ4n) is 5.83. The maximum Gasteiger partial charge on any atom is 0.254 e. The van der Waals surface area contributed by atoms with E-state index in [1.807, 2.05) is 0 Å². The predicted molar refractivity (Wildman–Crippen MR) is 86.0 cm³/mol. The lowest BCUT2D eigenvalue weighted by atomic mass is 9.48. The van der Waals surface area contributed by atoms with Crippen LogP contribution in [-0.4, -0.2) is 10.7 Å². The molecular formula is C18H21F4N3. The van der Waals surface area contributed by atoms with Gasteiger partial charge in [-0.05, 0) is 75.0 Å². The average Bonchev–Trinajstić information content (AvgIpc) is 2.51. The van der Waals surface area contributed by atoms with E-state index < -0.39 is 29.2 Å². The Morgan fingerprint density at radius 2 is 1.48 bits per heavy atom. The predicted octanol–water partition coefficient (Wildman–Crippen LogP) is 5.03. The van der Waals surface area contributed by atoms with E-state index in [1.54, 1.807) is 6.92 Å². The van der Waals surface area contributed by atoms with Crippen LogP contribution in [0.1, 0.15) is 51.9 Å². The third kappa shape index (κ3) is 3.02. The summed E-state index contributed by atoms with van der Waals surface area (Å²) >= 11 is 0. The molecule has 0 aromatic carbocycles. The van der Waals surface area contributed by atoms with Crippen molar-refractivity contribution in [3.05, 3.63) is 23.5 Å². The highest BCUT2D eigenvalue weighted by atomic mass is 19.2. The summed E-state index contributed by atoms with van der Waals surface area (Å²) in [6, 6.07) is 0. The molecule has 5 rings (SSSR count). The van der Waals surface area contributed by atoms with Crippen LogP contribution in [0.5, 0.6) is 0 Å². The molecule has 4 aliphatic carbocycles. The van der Waals surface area contributed by atoms with Crippen molar-refractivity contribution in [1.29, 1.82) is 0 Å². The van der Waals surface area contributed by atoms with E-state index in [0.717, 1.165) is 24.2 Å². The molecule has 4 saturated carbocycles. The molecule has 0 amide bonds. The summed E-state index contributed by atoms with van der Waals surface area (Å²) in [6.07, 6.45) is 8.31. The van der Waals surface area contributed by atoms with Gasteiger partial charge in [0.1, 0.15) is 5.69 Å². The van der Waals surface area contributed by atoms with Crippen molar-refractivity contribution in [1.82, 2.24) is 4.98 Å². The number of nitrogens with one attached hydrogen (secondary N) is 1. The second-order valence-corrected chi connectivity index (χ2v) is 8.25. The molecule has 1 aromatic heterocycles. The van der Waals surface area contributed by atoms with E-state index in [4.69, 9.17) is 0 Å². The van der Waals surface area contributed by atoms with E-state index in [2.05, 4.69) is 15.5 Å². The van der Waals surface area contributed by atoms with Gasteiger partial charge in [-0.1, -0.05) is 0 Å². The van der Waals surface area contributed by atoms with E-state index in [9.17, 15) is 17.6 Å². The van der Waals surface area contributed by atoms with Crippen LogP contribution in [0.4, 0.5) is 23.2 Å². The molecule has 0 saturated heterocycles. The highest BCUT2D eigenvalue weighted by Gasteiger charge is 2.50. The Bertz CT molecular complexity index is 670. The summed E-state index contributed by atoms with van der Waals surface area (Å²) in [5.41, 5.74) is 2.15. The van der Waals surface area contributed by atoms with Crippen LogP contribution in [0, 0.1) is 46.7 Å². The second-order valence-electron chi connectivity index (χ2n) is 8.25. The third-order valence-corrected chi connectivity index (χ3v) is 6.15. The zero-order chi connectivity index (χ0) is 17.8. The lowest BCUT2D eigenvalue weighted by Gasteiger charge is -2.57. The van der Waals surface area contributed by atoms with Crippen LogP contribution in [0.2, 0.25) is 0 Å². The van der Waals surface area contributed by atoms with Gasteiger partial charge >= 0.3 is 0 Å². The lowest BCUT2D eigenvalue weighted by molar-refractivity contribution is -0.0482. The molecule has 0 radical (unpaired) electrons. The van der Waals surface area contributed by atoms with Gasteiger partial charge in [-0.15, -0.1) is 0 Å². The lowest BCUT2D eigenvalue weighted by Crippen LogP contribution is -2.46. The first-order valence-electron chi connectivity index (χ1n) is 8.84. The van der Waals surface area contributed by atoms with E-state index in [0.29, 0.717) is 5.71 Å². The van der Waals surface area contributed by atoms with Gasteiger partial charge in [-0.25, -0.2) is 0 Å². The van der Waals surface area contributed by atoms with Gasteiger partial charge in [-0.2, -0.15) is 27.6 Å². The first-order valence-corrected chi connectivity index (χ1v) is 8.84. The summed E-state index contributed by atoms with van der Waals surface area (Å²) in [6.45, 7) is 1.79. The first-order chi connectivity index (χ1) is 11.8. The monoisotopic (exact) mass is 355 g/mol. The van der Waals surface area contributed by atoms with E-state index in [-0.39, 0.29) is 5.41 Å². The largest absolute Gasteiger partial charge is 0.272 e. The Kier molecular flexibility index (Phi) is 4.00. The minimum Gasteiger partial charge on any atom is -0.272 e. The second kappa shape index (κ2) is 5.95. The molecular weight excluding hydrogens is 334 g/mol. The van der Waals surface area contributed by atoms with Gasteiger partial charge in [0.05, 0.1) is 0 Å². The topological polar surface area (TPSA) is 37.3 Å². The van der Waals surface area contributed by atoms with Crippen molar-refractivity contribution in [2.75, 3.05) is 5.43 Å². The van der Waals surface area contributed by atoms with Gasteiger partial charge in [0.2, 0.25) is 11.6 Å². The van der Waals surface area contributed by atoms with Crippen molar-refractivity contribution >= 4 is 11.4 Å². The summed E-state index contributed by atoms with van der Waals surface area (Å²) in [4.78, 5) is 2.54. The Morgan fingerprint density at radius 1 is 1.00 bits per heavy atom. The van der Waals surface area contributed by atoms with E-state index >= 15 is 0 Å². The maximum absolute atomic E-state index is 13.6. The van der Waals surface area contributed by atoms with Crippen molar-refractivity contribution in [3.63, 3.8) is 0 Å². The number of anilines is 1. The van der Waals surface area contributed by atoms with Crippen LogP contribution in [0.3, 0.4) is 0 Å². The molecule has 1 N–H and O–H groups in total. The van der Waals surface area contributed by atoms with Crippen molar-refractivity contribution < 1.29 is 17.6 Å². The molecule has 4 bridgehead atoms. The molecule has 0 atom stereocenters. The van der Waals surface area contributed by atoms with Crippen LogP contribution < -0.4 is 5.43 Å². The smallest absolute Gasteiger partial charge is 0.254 e. The molecule has 0 spiro atoms. The summed E-state index contributed by atoms with van der Waals surface area (Å²) in [7, 11) is 0. The van der Waals surface area contributed by atoms with Gasteiger partial charge in [0.25, 0.3) is 11.9 Å². The van der Waals surface area contributed by atoms with Crippen molar-refractivity contribution in [2.24, 2.45) is 28.3 Å². The van der Waals surface area contributed by atoms with Gasteiger partial charge in [0.15, 0.2) is 0 Å². The summed E-state index contributed by atoms with van der Waals surface area (Å²) < 4.78 is 53.6. The molecule has 3 nitrogen and oxygen atoms in total. The maximum atomic E-state index is 13.6. The SMILES string of the molecule is CC(CC12CC3CC(CC(C3)C1)C2)=NNc1c(F)c(F)nc(F)c1F. The molecule has 0 unspecified atom stereocenters. The molecule has 25 heavy (non-hydrogen) atoms. The molecule has 7 heteroatoms. The Morgan fingerprint density at radius 3 is 1.96 bits per heavy atom. The molecule has 4 fully saturated rings. The average molecular weight is 355 g/mol. The van der Waals surface area contributed by atoms with Crippen LogP contribution in [0.25, 0.3) is 0 Å². The summed E-state index contributed by atoms with van der Waals surface area (Å²) in [5, 5.41) is 4.00. The normalized spacial score (nSPS) is 33.8. The fourth-order valence-corrected chi connectivity index (χ4v) is 5.83. The van der Waals surface area contributed by atoms with Crippen LogP contribution in [-0.2, 0) is 0 Å². The third-order valence-electron chi connectivity index (χ3n) is 6.15. The van der Waals surface area contributed by atoms with Gasteiger partial charge < -0.3 is 0 Å². The highest BCUT2D eigenvalue weighted by molar-refractivity contribution is 5.83. The molecule has 1 heterocycles. The fraction of sp³-hybridized carbons (Fsp3) is 0.667. The van der Waals surface area contributed by atoms with Crippen LogP contribution in [0.15, 0.2) is 5.10 Å². The van der Waals surface area contributed by atoms with Crippen molar-refractivity contribution in [3.8, 4) is 0 Å². The number of hydrogen-bond donors (Lipinski definition) is 1. The molecule has 136 valence electrons. The Hall–Kier alpha value is -1.66. The first kappa shape index (κ1) is 16.8. The number of halogens is 4. The minimum atomic E-state index is -1.68. The highest BCUT2D eigenvalue weighted by Crippen LogP contribution is 2.61. The summed E-state index contributed by atoms with van der Waals surface area (Å²) in [5.74, 6) is -4.11. The van der Waals surface area contributed by atoms with Gasteiger partial charge in [0, 0.05) is 5.71 Å². The molecule has 0 aliphatic heterocycles. The zero-order valence-electron chi connectivity index (χ0n) is 14.1.